The average Bonchev–Trinajstić information content (AvgIpc) is 2.94. The maximum atomic E-state index is 12.4. The molecule has 1 atom stereocenters. The molecule has 2 rings (SSSR count). The Morgan fingerprint density at radius 2 is 2.16 bits per heavy atom. The first-order valence-corrected chi connectivity index (χ1v) is 10.6. The van der Waals surface area contributed by atoms with Crippen LogP contribution < -0.4 is 0 Å². The van der Waals surface area contributed by atoms with Crippen molar-refractivity contribution in [2.75, 3.05) is 18.1 Å². The highest BCUT2D eigenvalue weighted by molar-refractivity contribution is 7.91. The fraction of sp³-hybridized carbons (Fsp3) is 0.667. The average molecular weight is 368 g/mol. The van der Waals surface area contributed by atoms with Crippen molar-refractivity contribution in [1.82, 2.24) is 9.88 Å². The van der Waals surface area contributed by atoms with Gasteiger partial charge in [0, 0.05) is 25.0 Å². The SMILES string of the molecule is CC(C)(C)OC(=O)N1CCC[C@H]1CS(=O)(=O)CCCc1cccnc1. The zero-order chi connectivity index (χ0) is 18.5. The predicted molar refractivity (Wildman–Crippen MR) is 97.2 cm³/mol. The lowest BCUT2D eigenvalue weighted by Crippen LogP contribution is -2.43. The Morgan fingerprint density at radius 3 is 2.80 bits per heavy atom. The number of hydrogen-bond donors (Lipinski definition) is 0. The van der Waals surface area contributed by atoms with E-state index in [0.29, 0.717) is 25.8 Å². The first-order valence-electron chi connectivity index (χ1n) is 8.75. The molecule has 7 heteroatoms. The first kappa shape index (κ1) is 19.7. The van der Waals surface area contributed by atoms with Gasteiger partial charge in [0.15, 0.2) is 9.84 Å². The van der Waals surface area contributed by atoms with Crippen molar-refractivity contribution >= 4 is 15.9 Å². The molecule has 0 bridgehead atoms. The molecule has 0 unspecified atom stereocenters. The lowest BCUT2D eigenvalue weighted by Gasteiger charge is -2.28. The molecule has 0 aromatic carbocycles. The topological polar surface area (TPSA) is 76.6 Å². The number of sulfone groups is 1. The van der Waals surface area contributed by atoms with Gasteiger partial charge < -0.3 is 9.64 Å². The quantitative estimate of drug-likeness (QED) is 0.772. The second kappa shape index (κ2) is 8.17. The Kier molecular flexibility index (Phi) is 6.43. The highest BCUT2D eigenvalue weighted by Crippen LogP contribution is 2.22. The number of pyridine rings is 1. The first-order chi connectivity index (χ1) is 11.7. The Balaban J connectivity index is 1.87. The number of likely N-dealkylation sites (tertiary alicyclic amines) is 1. The Hall–Kier alpha value is -1.63. The summed E-state index contributed by atoms with van der Waals surface area (Å²) in [6.07, 6.45) is 5.82. The van der Waals surface area contributed by atoms with Crippen LogP contribution in [0.2, 0.25) is 0 Å². The van der Waals surface area contributed by atoms with Crippen LogP contribution in [0, 0.1) is 0 Å². The third-order valence-electron chi connectivity index (χ3n) is 4.10. The van der Waals surface area contributed by atoms with Crippen molar-refractivity contribution in [3.8, 4) is 0 Å². The normalized spacial score (nSPS) is 18.4. The largest absolute Gasteiger partial charge is 0.444 e. The Morgan fingerprint density at radius 1 is 1.40 bits per heavy atom. The number of carbonyl (C=O) groups excluding carboxylic acids is 1. The van der Waals surface area contributed by atoms with Crippen LogP contribution in [0.4, 0.5) is 4.79 Å². The van der Waals surface area contributed by atoms with E-state index in [1.54, 1.807) is 17.3 Å². The molecule has 1 saturated heterocycles. The number of aromatic nitrogens is 1. The summed E-state index contributed by atoms with van der Waals surface area (Å²) < 4.78 is 30.3. The van der Waals surface area contributed by atoms with E-state index in [1.807, 2.05) is 32.9 Å². The lowest BCUT2D eigenvalue weighted by atomic mass is 10.2. The van der Waals surface area contributed by atoms with Gasteiger partial charge in [-0.25, -0.2) is 13.2 Å². The van der Waals surface area contributed by atoms with E-state index >= 15 is 0 Å². The number of nitrogens with zero attached hydrogens (tertiary/aromatic N) is 2. The molecular weight excluding hydrogens is 340 g/mol. The molecule has 25 heavy (non-hydrogen) atoms. The minimum atomic E-state index is -3.22. The lowest BCUT2D eigenvalue weighted by molar-refractivity contribution is 0.0241. The number of rotatable bonds is 6. The highest BCUT2D eigenvalue weighted by Gasteiger charge is 2.34. The summed E-state index contributed by atoms with van der Waals surface area (Å²) in [5, 5.41) is 0. The molecule has 1 fully saturated rings. The number of hydrogen-bond acceptors (Lipinski definition) is 5. The number of ether oxygens (including phenoxy) is 1. The van der Waals surface area contributed by atoms with E-state index in [0.717, 1.165) is 12.0 Å². The standard InChI is InChI=1S/C18H28N2O4S/c1-18(2,3)24-17(21)20-11-5-9-16(20)14-25(22,23)12-6-8-15-7-4-10-19-13-15/h4,7,10,13,16H,5-6,8-9,11-12,14H2,1-3H3/t16-/m0/s1. The molecule has 0 spiro atoms. The summed E-state index contributed by atoms with van der Waals surface area (Å²) >= 11 is 0. The molecule has 0 N–H and O–H groups in total. The van der Waals surface area contributed by atoms with Crippen LogP contribution in [0.1, 0.15) is 45.6 Å². The molecule has 0 saturated carbocycles. The van der Waals surface area contributed by atoms with Crippen LogP contribution in [-0.4, -0.2) is 54.1 Å². The monoisotopic (exact) mass is 368 g/mol. The zero-order valence-electron chi connectivity index (χ0n) is 15.3. The van der Waals surface area contributed by atoms with Crippen molar-refractivity contribution in [3.05, 3.63) is 30.1 Å². The van der Waals surface area contributed by atoms with Crippen molar-refractivity contribution in [2.45, 2.75) is 58.1 Å². The fourth-order valence-electron chi connectivity index (χ4n) is 2.99. The molecule has 2 heterocycles. The molecule has 1 aromatic rings. The summed E-state index contributed by atoms with van der Waals surface area (Å²) in [6, 6.07) is 3.51. The molecular formula is C18H28N2O4S. The molecule has 0 aliphatic carbocycles. The van der Waals surface area contributed by atoms with E-state index in [4.69, 9.17) is 4.74 Å². The Labute approximate surface area is 150 Å². The fourth-order valence-corrected chi connectivity index (χ4v) is 4.67. The van der Waals surface area contributed by atoms with Gasteiger partial charge in [-0.3, -0.25) is 4.98 Å². The summed E-state index contributed by atoms with van der Waals surface area (Å²) in [4.78, 5) is 17.9. The maximum Gasteiger partial charge on any atom is 0.410 e. The summed E-state index contributed by atoms with van der Waals surface area (Å²) in [7, 11) is -3.22. The van der Waals surface area contributed by atoms with E-state index in [9.17, 15) is 13.2 Å². The van der Waals surface area contributed by atoms with Gasteiger partial charge in [-0.1, -0.05) is 6.07 Å². The molecule has 140 valence electrons. The van der Waals surface area contributed by atoms with Crippen LogP contribution in [0.5, 0.6) is 0 Å². The van der Waals surface area contributed by atoms with Crippen molar-refractivity contribution in [1.29, 1.82) is 0 Å². The molecule has 6 nitrogen and oxygen atoms in total. The Bertz CT molecular complexity index is 668. The molecule has 1 aliphatic rings. The number of aryl methyl sites for hydroxylation is 1. The number of carbonyl (C=O) groups is 1. The highest BCUT2D eigenvalue weighted by atomic mass is 32.2. The summed E-state index contributed by atoms with van der Waals surface area (Å²) in [5.41, 5.74) is 0.459. The second-order valence-corrected chi connectivity index (χ2v) is 9.78. The van der Waals surface area contributed by atoms with Crippen molar-refractivity contribution in [3.63, 3.8) is 0 Å². The molecule has 1 amide bonds. The van der Waals surface area contributed by atoms with E-state index in [2.05, 4.69) is 4.98 Å². The minimum absolute atomic E-state index is 0.0132. The predicted octanol–water partition coefficient (Wildman–Crippen LogP) is 2.83. The van der Waals surface area contributed by atoms with Gasteiger partial charge in [0.25, 0.3) is 0 Å². The van der Waals surface area contributed by atoms with Crippen molar-refractivity contribution in [2.24, 2.45) is 0 Å². The van der Waals surface area contributed by atoms with Crippen molar-refractivity contribution < 1.29 is 17.9 Å². The second-order valence-electron chi connectivity index (χ2n) is 7.55. The zero-order valence-corrected chi connectivity index (χ0v) is 16.1. The number of amides is 1. The van der Waals surface area contributed by atoms with Crippen LogP contribution in [0.25, 0.3) is 0 Å². The third kappa shape index (κ3) is 6.65. The van der Waals surface area contributed by atoms with Crippen LogP contribution in [0.15, 0.2) is 24.5 Å². The van der Waals surface area contributed by atoms with Gasteiger partial charge in [0.2, 0.25) is 0 Å². The molecule has 1 aromatic heterocycles. The molecule has 1 aliphatic heterocycles. The van der Waals surface area contributed by atoms with Gasteiger partial charge in [-0.2, -0.15) is 0 Å². The van der Waals surface area contributed by atoms with Gasteiger partial charge in [-0.15, -0.1) is 0 Å². The smallest absolute Gasteiger partial charge is 0.410 e. The van der Waals surface area contributed by atoms with Gasteiger partial charge in [0.1, 0.15) is 5.60 Å². The third-order valence-corrected chi connectivity index (χ3v) is 5.90. The van der Waals surface area contributed by atoms with Gasteiger partial charge in [-0.05, 0) is 58.1 Å². The van der Waals surface area contributed by atoms with E-state index < -0.39 is 21.5 Å². The van der Waals surface area contributed by atoms with Crippen LogP contribution >= 0.6 is 0 Å². The minimum Gasteiger partial charge on any atom is -0.444 e. The molecule has 0 radical (unpaired) electrons. The summed E-state index contributed by atoms with van der Waals surface area (Å²) in [6.45, 7) is 5.99. The summed E-state index contributed by atoms with van der Waals surface area (Å²) in [5.74, 6) is 0.139. The van der Waals surface area contributed by atoms with Crippen LogP contribution in [0.3, 0.4) is 0 Å². The maximum absolute atomic E-state index is 12.4. The van der Waals surface area contributed by atoms with E-state index in [1.165, 1.54) is 0 Å². The van der Waals surface area contributed by atoms with Gasteiger partial charge in [0.05, 0.1) is 11.5 Å². The van der Waals surface area contributed by atoms with Crippen LogP contribution in [-0.2, 0) is 21.0 Å². The van der Waals surface area contributed by atoms with Gasteiger partial charge >= 0.3 is 6.09 Å². The van der Waals surface area contributed by atoms with E-state index in [-0.39, 0.29) is 17.5 Å².